The number of hydrogen-bond donors (Lipinski definition) is 2. The smallest absolute Gasteiger partial charge is 0.386 e. The average molecular weight is 440 g/mol. The lowest BCUT2D eigenvalue weighted by atomic mass is 9.41. The number of rotatable bonds is 7. The van der Waals surface area contributed by atoms with E-state index in [-0.39, 0.29) is 16.2 Å². The summed E-state index contributed by atoms with van der Waals surface area (Å²) in [5.74, 6) is 1.23. The van der Waals surface area contributed by atoms with E-state index in [0.717, 1.165) is 37.7 Å². The van der Waals surface area contributed by atoms with Crippen LogP contribution >= 0.6 is 7.75 Å². The number of hydrogen-bond acceptors (Lipinski definition) is 4. The maximum atomic E-state index is 13.0. The molecule has 0 aromatic carbocycles. The molecule has 5 nitrogen and oxygen atoms in total. The van der Waals surface area contributed by atoms with Crippen LogP contribution in [0.15, 0.2) is 12.2 Å². The predicted molar refractivity (Wildman–Crippen MR) is 120 cm³/mol. The highest BCUT2D eigenvalue weighted by atomic mass is 31.2. The number of nitrogens with one attached hydrogen (secondary N) is 1. The van der Waals surface area contributed by atoms with Crippen LogP contribution in [0.4, 0.5) is 0 Å². The Balaban J connectivity index is 1.57. The summed E-state index contributed by atoms with van der Waals surface area (Å²) in [5.41, 5.74) is 1.05. The van der Waals surface area contributed by atoms with Crippen molar-refractivity contribution in [2.24, 2.45) is 28.1 Å². The van der Waals surface area contributed by atoms with Crippen LogP contribution in [0.2, 0.25) is 0 Å². The standard InChI is InChI=1S/C24H42NO4P/c1-6-28-30(27,29-7-2)25-17-21(4)11-8-12-22(5)19(21)9-13-23-15-18(3)24(26,16-23)14-10-20(22)23/h19-20,26H,3,6-17H2,1-2,4-5H3,(H,25,27)/t19-,20+,21?,22?,23-,24+/m1/s1. The molecule has 1 spiro atoms. The third kappa shape index (κ3) is 3.48. The first-order valence-electron chi connectivity index (χ1n) is 12.1. The predicted octanol–water partition coefficient (Wildman–Crippen LogP) is 5.84. The Labute approximate surface area is 183 Å². The Morgan fingerprint density at radius 1 is 1.10 bits per heavy atom. The summed E-state index contributed by atoms with van der Waals surface area (Å²) in [6.45, 7) is 14.3. The molecule has 4 fully saturated rings. The van der Waals surface area contributed by atoms with Crippen LogP contribution in [0.25, 0.3) is 0 Å². The van der Waals surface area contributed by atoms with Gasteiger partial charge < -0.3 is 5.11 Å². The third-order valence-corrected chi connectivity index (χ3v) is 11.3. The second kappa shape index (κ2) is 7.70. The molecule has 6 heteroatoms. The van der Waals surface area contributed by atoms with E-state index in [2.05, 4.69) is 25.5 Å². The molecular weight excluding hydrogens is 397 g/mol. The van der Waals surface area contributed by atoms with Crippen LogP contribution in [0.5, 0.6) is 0 Å². The lowest BCUT2D eigenvalue weighted by Gasteiger charge is -2.64. The highest BCUT2D eigenvalue weighted by Crippen LogP contribution is 2.72. The van der Waals surface area contributed by atoms with E-state index in [9.17, 15) is 9.67 Å². The van der Waals surface area contributed by atoms with Crippen LogP contribution in [0.3, 0.4) is 0 Å². The van der Waals surface area contributed by atoms with E-state index >= 15 is 0 Å². The van der Waals surface area contributed by atoms with Crippen molar-refractivity contribution < 1.29 is 18.7 Å². The summed E-state index contributed by atoms with van der Waals surface area (Å²) in [6, 6.07) is 0. The molecule has 172 valence electrons. The monoisotopic (exact) mass is 439 g/mol. The van der Waals surface area contributed by atoms with Gasteiger partial charge in [-0.2, -0.15) is 0 Å². The molecule has 4 aliphatic carbocycles. The van der Waals surface area contributed by atoms with Crippen molar-refractivity contribution in [1.29, 1.82) is 0 Å². The van der Waals surface area contributed by atoms with Crippen molar-refractivity contribution in [3.05, 3.63) is 12.2 Å². The second-order valence-electron chi connectivity index (χ2n) is 11.2. The Kier molecular flexibility index (Phi) is 5.90. The summed E-state index contributed by atoms with van der Waals surface area (Å²) in [4.78, 5) is 0. The highest BCUT2D eigenvalue weighted by Gasteiger charge is 2.66. The molecule has 4 aliphatic rings. The maximum absolute atomic E-state index is 13.0. The van der Waals surface area contributed by atoms with E-state index in [1.165, 1.54) is 25.7 Å². The Hall–Kier alpha value is -0.190. The zero-order chi connectivity index (χ0) is 21.8. The summed E-state index contributed by atoms with van der Waals surface area (Å²) >= 11 is 0. The van der Waals surface area contributed by atoms with E-state index in [1.54, 1.807) is 0 Å². The lowest BCUT2D eigenvalue weighted by molar-refractivity contribution is -0.162. The first-order valence-corrected chi connectivity index (χ1v) is 13.6. The van der Waals surface area contributed by atoms with Gasteiger partial charge in [0.1, 0.15) is 0 Å². The van der Waals surface area contributed by atoms with Crippen molar-refractivity contribution in [1.82, 2.24) is 5.09 Å². The molecule has 0 radical (unpaired) electrons. The zero-order valence-electron chi connectivity index (χ0n) is 19.5. The summed E-state index contributed by atoms with van der Waals surface area (Å²) < 4.78 is 24.0. The number of fused-ring (bicyclic) bond motifs is 3. The zero-order valence-corrected chi connectivity index (χ0v) is 20.4. The topological polar surface area (TPSA) is 67.8 Å². The largest absolute Gasteiger partial charge is 0.405 e. The molecule has 0 aliphatic heterocycles. The molecule has 0 aromatic rings. The minimum absolute atomic E-state index is 0.0713. The van der Waals surface area contributed by atoms with Crippen LogP contribution < -0.4 is 5.09 Å². The van der Waals surface area contributed by atoms with Gasteiger partial charge in [-0.15, -0.1) is 0 Å². The maximum Gasteiger partial charge on any atom is 0.405 e. The summed E-state index contributed by atoms with van der Waals surface area (Å²) in [6.07, 6.45) is 9.90. The molecule has 2 bridgehead atoms. The van der Waals surface area contributed by atoms with Crippen molar-refractivity contribution in [2.45, 2.75) is 91.1 Å². The summed E-state index contributed by atoms with van der Waals surface area (Å²) in [5, 5.41) is 14.3. The van der Waals surface area contributed by atoms with Gasteiger partial charge in [-0.1, -0.05) is 26.8 Å². The fourth-order valence-electron chi connectivity index (χ4n) is 8.44. The molecular formula is C24H42NO4P. The van der Waals surface area contributed by atoms with E-state index in [1.807, 2.05) is 13.8 Å². The fourth-order valence-corrected chi connectivity index (χ4v) is 9.93. The molecule has 0 amide bonds. The molecule has 4 saturated carbocycles. The SMILES string of the molecule is C=C1C[C@@]23CC[C@@H]4C(C)(CNP(=O)(OCC)OCC)CCCC4(C)[C@@H]2CC[C@]1(O)C3. The Morgan fingerprint density at radius 2 is 1.77 bits per heavy atom. The second-order valence-corrected chi connectivity index (χ2v) is 13.0. The van der Waals surface area contributed by atoms with Crippen molar-refractivity contribution in [2.75, 3.05) is 19.8 Å². The normalized spacial score (nSPS) is 45.8. The van der Waals surface area contributed by atoms with Gasteiger partial charge in [0.2, 0.25) is 0 Å². The average Bonchev–Trinajstić information content (AvgIpc) is 2.84. The molecule has 2 N–H and O–H groups in total. The van der Waals surface area contributed by atoms with Gasteiger partial charge in [0.15, 0.2) is 0 Å². The first kappa shape index (κ1) is 23.0. The molecule has 0 heterocycles. The fraction of sp³-hybridized carbons (Fsp3) is 0.917. The van der Waals surface area contributed by atoms with Gasteiger partial charge in [-0.3, -0.25) is 9.05 Å². The summed E-state index contributed by atoms with van der Waals surface area (Å²) in [7, 11) is -3.25. The lowest BCUT2D eigenvalue weighted by Crippen LogP contribution is -2.59. The van der Waals surface area contributed by atoms with Crippen LogP contribution in [-0.2, 0) is 13.6 Å². The first-order chi connectivity index (χ1) is 14.0. The molecule has 0 saturated heterocycles. The highest BCUT2D eigenvalue weighted by molar-refractivity contribution is 7.51. The van der Waals surface area contributed by atoms with E-state index in [0.29, 0.717) is 31.6 Å². The van der Waals surface area contributed by atoms with Crippen molar-refractivity contribution in [3.63, 3.8) is 0 Å². The Bertz CT molecular complexity index is 733. The van der Waals surface area contributed by atoms with E-state index in [4.69, 9.17) is 9.05 Å². The molecule has 2 unspecified atom stereocenters. The molecule has 30 heavy (non-hydrogen) atoms. The minimum Gasteiger partial charge on any atom is -0.386 e. The van der Waals surface area contributed by atoms with Crippen LogP contribution in [0, 0.1) is 28.1 Å². The van der Waals surface area contributed by atoms with Gasteiger partial charge in [-0.25, -0.2) is 9.65 Å². The van der Waals surface area contributed by atoms with Gasteiger partial charge in [0, 0.05) is 6.54 Å². The Morgan fingerprint density at radius 3 is 2.43 bits per heavy atom. The van der Waals surface area contributed by atoms with Gasteiger partial charge >= 0.3 is 7.75 Å². The number of aliphatic hydroxyl groups is 1. The van der Waals surface area contributed by atoms with E-state index < -0.39 is 13.3 Å². The van der Waals surface area contributed by atoms with Gasteiger partial charge in [-0.05, 0) is 98.9 Å². The van der Waals surface area contributed by atoms with Crippen LogP contribution in [0.1, 0.15) is 85.5 Å². The molecule has 6 atom stereocenters. The third-order valence-electron chi connectivity index (χ3n) is 9.56. The van der Waals surface area contributed by atoms with Gasteiger partial charge in [0.05, 0.1) is 18.8 Å². The van der Waals surface area contributed by atoms with Gasteiger partial charge in [0.25, 0.3) is 0 Å². The quantitative estimate of drug-likeness (QED) is 0.385. The van der Waals surface area contributed by atoms with Crippen molar-refractivity contribution >= 4 is 7.75 Å². The molecule has 0 aromatic heterocycles. The van der Waals surface area contributed by atoms with Crippen LogP contribution in [-0.4, -0.2) is 30.5 Å². The minimum atomic E-state index is -3.25. The van der Waals surface area contributed by atoms with Crippen molar-refractivity contribution in [3.8, 4) is 0 Å². The molecule has 4 rings (SSSR count).